The highest BCUT2D eigenvalue weighted by molar-refractivity contribution is 5.71. The molecule has 1 saturated carbocycles. The van der Waals surface area contributed by atoms with Gasteiger partial charge in [0, 0.05) is 25.5 Å². The van der Waals surface area contributed by atoms with Crippen molar-refractivity contribution in [2.24, 2.45) is 13.0 Å². The Bertz CT molecular complexity index is 402. The van der Waals surface area contributed by atoms with Gasteiger partial charge in [0.05, 0.1) is 12.5 Å². The Balaban J connectivity index is 2.02. The first kappa shape index (κ1) is 12.1. The predicted octanol–water partition coefficient (Wildman–Crippen LogP) is 1.11. The van der Waals surface area contributed by atoms with E-state index in [4.69, 9.17) is 5.11 Å². The molecule has 94 valence electrons. The first-order chi connectivity index (χ1) is 8.09. The van der Waals surface area contributed by atoms with Gasteiger partial charge in [-0.15, -0.1) is 0 Å². The molecule has 1 heterocycles. The Morgan fingerprint density at radius 1 is 1.65 bits per heavy atom. The van der Waals surface area contributed by atoms with Crippen molar-refractivity contribution >= 4 is 5.97 Å². The van der Waals surface area contributed by atoms with E-state index in [-0.39, 0.29) is 12.0 Å². The van der Waals surface area contributed by atoms with Gasteiger partial charge in [0.2, 0.25) is 0 Å². The lowest BCUT2D eigenvalue weighted by Crippen LogP contribution is -2.38. The van der Waals surface area contributed by atoms with Crippen LogP contribution in [0.15, 0.2) is 12.4 Å². The summed E-state index contributed by atoms with van der Waals surface area (Å²) < 4.78 is 1.97. The summed E-state index contributed by atoms with van der Waals surface area (Å²) >= 11 is 0. The molecule has 0 saturated heterocycles. The molecule has 0 bridgehead atoms. The maximum Gasteiger partial charge on any atom is 0.308 e. The zero-order valence-electron chi connectivity index (χ0n) is 10.3. The standard InChI is InChI=1S/C12H19N3O2/c1-14-7-6-13-11(14)8-15(2)10-5-3-4-9(10)12(16)17/h6-7,9-10H,3-5,8H2,1-2H3,(H,16,17). The van der Waals surface area contributed by atoms with E-state index in [2.05, 4.69) is 9.88 Å². The number of carboxylic acids is 1. The molecule has 0 radical (unpaired) electrons. The SMILES string of the molecule is CN(Cc1nccn1C)C1CCCC1C(=O)O. The van der Waals surface area contributed by atoms with Crippen molar-refractivity contribution < 1.29 is 9.90 Å². The van der Waals surface area contributed by atoms with Gasteiger partial charge < -0.3 is 9.67 Å². The molecule has 0 aromatic carbocycles. The first-order valence-corrected chi connectivity index (χ1v) is 5.99. The van der Waals surface area contributed by atoms with Crippen LogP contribution in [0, 0.1) is 5.92 Å². The first-order valence-electron chi connectivity index (χ1n) is 5.99. The number of carboxylic acid groups (broad SMARTS) is 1. The van der Waals surface area contributed by atoms with Crippen molar-refractivity contribution in [2.45, 2.75) is 31.8 Å². The van der Waals surface area contributed by atoms with E-state index in [1.54, 1.807) is 6.20 Å². The number of hydrogen-bond acceptors (Lipinski definition) is 3. The average Bonchev–Trinajstić information content (AvgIpc) is 2.87. The Morgan fingerprint density at radius 3 is 3.00 bits per heavy atom. The van der Waals surface area contributed by atoms with Gasteiger partial charge >= 0.3 is 5.97 Å². The summed E-state index contributed by atoms with van der Waals surface area (Å²) in [5, 5.41) is 9.17. The highest BCUT2D eigenvalue weighted by Gasteiger charge is 2.35. The number of aryl methyl sites for hydroxylation is 1. The van der Waals surface area contributed by atoms with Crippen LogP contribution in [0.5, 0.6) is 0 Å². The Labute approximate surface area is 101 Å². The molecule has 1 fully saturated rings. The number of rotatable bonds is 4. The minimum atomic E-state index is -0.667. The van der Waals surface area contributed by atoms with Crippen LogP contribution >= 0.6 is 0 Å². The van der Waals surface area contributed by atoms with Crippen molar-refractivity contribution in [1.29, 1.82) is 0 Å². The van der Waals surface area contributed by atoms with E-state index in [0.717, 1.165) is 25.1 Å². The van der Waals surface area contributed by atoms with E-state index in [1.807, 2.05) is 24.9 Å². The second-order valence-electron chi connectivity index (χ2n) is 4.81. The molecule has 0 spiro atoms. The van der Waals surface area contributed by atoms with Crippen molar-refractivity contribution in [3.05, 3.63) is 18.2 Å². The van der Waals surface area contributed by atoms with Crippen LogP contribution in [0.25, 0.3) is 0 Å². The van der Waals surface area contributed by atoms with E-state index in [0.29, 0.717) is 6.54 Å². The molecule has 1 aromatic rings. The number of aliphatic carboxylic acids is 1. The highest BCUT2D eigenvalue weighted by Crippen LogP contribution is 2.30. The predicted molar refractivity (Wildman–Crippen MR) is 63.4 cm³/mol. The van der Waals surface area contributed by atoms with Crippen LogP contribution in [0.3, 0.4) is 0 Å². The highest BCUT2D eigenvalue weighted by atomic mass is 16.4. The van der Waals surface area contributed by atoms with Gasteiger partial charge in [-0.1, -0.05) is 6.42 Å². The molecule has 2 unspecified atom stereocenters. The number of hydrogen-bond donors (Lipinski definition) is 1. The second-order valence-corrected chi connectivity index (χ2v) is 4.81. The summed E-state index contributed by atoms with van der Waals surface area (Å²) in [7, 11) is 3.94. The lowest BCUT2D eigenvalue weighted by Gasteiger charge is -2.27. The lowest BCUT2D eigenvalue weighted by molar-refractivity contribution is -0.143. The van der Waals surface area contributed by atoms with Crippen LogP contribution in [0.4, 0.5) is 0 Å². The van der Waals surface area contributed by atoms with Crippen LogP contribution in [0.2, 0.25) is 0 Å². The summed E-state index contributed by atoms with van der Waals surface area (Å²) in [4.78, 5) is 17.5. The molecule has 1 N–H and O–H groups in total. The third kappa shape index (κ3) is 2.49. The second kappa shape index (κ2) is 4.87. The molecule has 5 heteroatoms. The molecule has 2 rings (SSSR count). The number of carbonyl (C=O) groups is 1. The maximum atomic E-state index is 11.1. The van der Waals surface area contributed by atoms with Gasteiger partial charge in [-0.25, -0.2) is 4.98 Å². The summed E-state index contributed by atoms with van der Waals surface area (Å²) in [6.45, 7) is 0.706. The summed E-state index contributed by atoms with van der Waals surface area (Å²) in [6.07, 6.45) is 6.45. The van der Waals surface area contributed by atoms with Crippen LogP contribution in [-0.4, -0.2) is 38.6 Å². The van der Waals surface area contributed by atoms with E-state index >= 15 is 0 Å². The maximum absolute atomic E-state index is 11.1. The Hall–Kier alpha value is -1.36. The van der Waals surface area contributed by atoms with Gasteiger partial charge in [-0.2, -0.15) is 0 Å². The molecule has 0 amide bonds. The van der Waals surface area contributed by atoms with E-state index in [1.165, 1.54) is 0 Å². The summed E-state index contributed by atoms with van der Waals surface area (Å²) in [6, 6.07) is 0.143. The Morgan fingerprint density at radius 2 is 2.41 bits per heavy atom. The normalized spacial score (nSPS) is 24.4. The van der Waals surface area contributed by atoms with Crippen molar-refractivity contribution in [2.75, 3.05) is 7.05 Å². The third-order valence-corrected chi connectivity index (χ3v) is 3.67. The zero-order chi connectivity index (χ0) is 12.4. The monoisotopic (exact) mass is 237 g/mol. The third-order valence-electron chi connectivity index (χ3n) is 3.67. The number of aromatic nitrogens is 2. The van der Waals surface area contributed by atoms with Crippen LogP contribution in [-0.2, 0) is 18.4 Å². The van der Waals surface area contributed by atoms with E-state index in [9.17, 15) is 4.79 Å². The van der Waals surface area contributed by atoms with Crippen LogP contribution < -0.4 is 0 Å². The van der Waals surface area contributed by atoms with Crippen LogP contribution in [0.1, 0.15) is 25.1 Å². The molecule has 1 aliphatic rings. The fourth-order valence-electron chi connectivity index (χ4n) is 2.65. The van der Waals surface area contributed by atoms with Crippen molar-refractivity contribution in [3.8, 4) is 0 Å². The molecule has 1 aliphatic carbocycles. The van der Waals surface area contributed by atoms with Crippen molar-refractivity contribution in [3.63, 3.8) is 0 Å². The largest absolute Gasteiger partial charge is 0.481 e. The number of nitrogens with zero attached hydrogens (tertiary/aromatic N) is 3. The fraction of sp³-hybridized carbons (Fsp3) is 0.667. The quantitative estimate of drug-likeness (QED) is 0.852. The van der Waals surface area contributed by atoms with Gasteiger partial charge in [-0.3, -0.25) is 9.69 Å². The molecule has 17 heavy (non-hydrogen) atoms. The summed E-state index contributed by atoms with van der Waals surface area (Å²) in [5.74, 6) is 0.0861. The van der Waals surface area contributed by atoms with Crippen molar-refractivity contribution in [1.82, 2.24) is 14.5 Å². The van der Waals surface area contributed by atoms with Gasteiger partial charge in [0.15, 0.2) is 0 Å². The number of imidazole rings is 1. The average molecular weight is 237 g/mol. The fourth-order valence-corrected chi connectivity index (χ4v) is 2.65. The van der Waals surface area contributed by atoms with Gasteiger partial charge in [0.25, 0.3) is 0 Å². The molecule has 2 atom stereocenters. The minimum absolute atomic E-state index is 0.143. The van der Waals surface area contributed by atoms with E-state index < -0.39 is 5.97 Å². The summed E-state index contributed by atoms with van der Waals surface area (Å²) in [5.41, 5.74) is 0. The minimum Gasteiger partial charge on any atom is -0.481 e. The zero-order valence-corrected chi connectivity index (χ0v) is 10.3. The molecular weight excluding hydrogens is 218 g/mol. The Kier molecular flexibility index (Phi) is 3.47. The lowest BCUT2D eigenvalue weighted by atomic mass is 10.0. The topological polar surface area (TPSA) is 58.4 Å². The van der Waals surface area contributed by atoms with Gasteiger partial charge in [0.1, 0.15) is 5.82 Å². The molecule has 5 nitrogen and oxygen atoms in total. The molecular formula is C12H19N3O2. The molecule has 0 aliphatic heterocycles. The van der Waals surface area contributed by atoms with Gasteiger partial charge in [-0.05, 0) is 19.9 Å². The smallest absolute Gasteiger partial charge is 0.308 e. The molecule has 1 aromatic heterocycles.